The van der Waals surface area contributed by atoms with Gasteiger partial charge >= 0.3 is 5.97 Å². The van der Waals surface area contributed by atoms with Gasteiger partial charge in [-0.1, -0.05) is 18.2 Å². The van der Waals surface area contributed by atoms with Gasteiger partial charge in [-0.25, -0.2) is 0 Å². The molecular weight excluding hydrogens is 246 g/mol. The molecule has 1 atom stereocenters. The summed E-state index contributed by atoms with van der Waals surface area (Å²) in [6.07, 6.45) is 0.598. The van der Waals surface area contributed by atoms with Crippen LogP contribution in [0, 0.1) is 0 Å². The Morgan fingerprint density at radius 2 is 2.16 bits per heavy atom. The predicted octanol–water partition coefficient (Wildman–Crippen LogP) is 1.49. The van der Waals surface area contributed by atoms with Crippen LogP contribution in [0.1, 0.15) is 24.3 Å². The van der Waals surface area contributed by atoms with E-state index >= 15 is 0 Å². The van der Waals surface area contributed by atoms with Crippen LogP contribution >= 0.6 is 0 Å². The molecular formula is C14H17NO4. The van der Waals surface area contributed by atoms with E-state index in [2.05, 4.69) is 0 Å². The zero-order chi connectivity index (χ0) is 13.8. The highest BCUT2D eigenvalue weighted by atomic mass is 16.5. The van der Waals surface area contributed by atoms with Crippen molar-refractivity contribution in [2.45, 2.75) is 18.8 Å². The Bertz CT molecular complexity index is 486. The van der Waals surface area contributed by atoms with Crippen LogP contribution in [0.5, 0.6) is 5.75 Å². The molecule has 0 radical (unpaired) electrons. The van der Waals surface area contributed by atoms with E-state index in [0.717, 1.165) is 11.3 Å². The third kappa shape index (κ3) is 3.05. The lowest BCUT2D eigenvalue weighted by atomic mass is 9.92. The first-order chi connectivity index (χ1) is 9.09. The summed E-state index contributed by atoms with van der Waals surface area (Å²) in [6.45, 7) is 0.744. The topological polar surface area (TPSA) is 66.8 Å². The molecule has 0 aliphatic carbocycles. The molecule has 1 unspecified atom stereocenters. The first-order valence-electron chi connectivity index (χ1n) is 6.28. The van der Waals surface area contributed by atoms with Crippen molar-refractivity contribution in [2.24, 2.45) is 0 Å². The quantitative estimate of drug-likeness (QED) is 0.893. The van der Waals surface area contributed by atoms with E-state index in [4.69, 9.17) is 9.84 Å². The average Bonchev–Trinajstić information content (AvgIpc) is 2.43. The average molecular weight is 263 g/mol. The van der Waals surface area contributed by atoms with Gasteiger partial charge in [-0.15, -0.1) is 0 Å². The number of nitrogens with zero attached hydrogens (tertiary/aromatic N) is 1. The Morgan fingerprint density at radius 3 is 2.89 bits per heavy atom. The van der Waals surface area contributed by atoms with Gasteiger partial charge in [0.2, 0.25) is 5.91 Å². The van der Waals surface area contributed by atoms with Crippen molar-refractivity contribution < 1.29 is 19.4 Å². The second-order valence-electron chi connectivity index (χ2n) is 4.63. The van der Waals surface area contributed by atoms with Crippen molar-refractivity contribution in [3.05, 3.63) is 29.8 Å². The summed E-state index contributed by atoms with van der Waals surface area (Å²) in [6, 6.07) is 7.50. The number of para-hydroxylation sites is 1. The van der Waals surface area contributed by atoms with Gasteiger partial charge in [0, 0.05) is 19.2 Å². The molecule has 102 valence electrons. The number of hydrogen-bond donors (Lipinski definition) is 1. The molecule has 1 amide bonds. The summed E-state index contributed by atoms with van der Waals surface area (Å²) in [5.74, 6) is -0.425. The fourth-order valence-corrected chi connectivity index (χ4v) is 2.24. The number of amides is 1. The van der Waals surface area contributed by atoms with Crippen LogP contribution in [0.4, 0.5) is 0 Å². The molecule has 2 rings (SSSR count). The van der Waals surface area contributed by atoms with Crippen LogP contribution < -0.4 is 4.74 Å². The Kier molecular flexibility index (Phi) is 4.04. The normalized spacial score (nSPS) is 17.2. The Morgan fingerprint density at radius 1 is 1.42 bits per heavy atom. The lowest BCUT2D eigenvalue weighted by Crippen LogP contribution is -2.35. The molecule has 1 aliphatic rings. The highest BCUT2D eigenvalue weighted by Crippen LogP contribution is 2.34. The van der Waals surface area contributed by atoms with Gasteiger partial charge in [0.05, 0.1) is 18.9 Å². The minimum Gasteiger partial charge on any atom is -0.493 e. The lowest BCUT2D eigenvalue weighted by Gasteiger charge is -2.28. The predicted molar refractivity (Wildman–Crippen MR) is 69.2 cm³/mol. The van der Waals surface area contributed by atoms with E-state index in [-0.39, 0.29) is 24.8 Å². The number of carbonyl (C=O) groups excluding carboxylic acids is 1. The molecule has 1 aromatic carbocycles. The summed E-state index contributed by atoms with van der Waals surface area (Å²) in [4.78, 5) is 24.4. The van der Waals surface area contributed by atoms with Crippen molar-refractivity contribution in [1.82, 2.24) is 4.90 Å². The third-order valence-corrected chi connectivity index (χ3v) is 3.29. The van der Waals surface area contributed by atoms with Crippen LogP contribution in [-0.4, -0.2) is 42.1 Å². The second-order valence-corrected chi connectivity index (χ2v) is 4.63. The van der Waals surface area contributed by atoms with E-state index in [1.165, 1.54) is 4.90 Å². The van der Waals surface area contributed by atoms with Gasteiger partial charge in [0.25, 0.3) is 0 Å². The number of benzene rings is 1. The SMILES string of the molecule is CN(CCC(=O)O)C(=O)C1CCOc2ccccc21. The number of fused-ring (bicyclic) bond motifs is 1. The summed E-state index contributed by atoms with van der Waals surface area (Å²) >= 11 is 0. The molecule has 0 spiro atoms. The molecule has 1 aliphatic heterocycles. The molecule has 0 saturated heterocycles. The molecule has 1 N–H and O–H groups in total. The fraction of sp³-hybridized carbons (Fsp3) is 0.429. The zero-order valence-electron chi connectivity index (χ0n) is 10.8. The Balaban J connectivity index is 2.10. The van der Waals surface area contributed by atoms with Crippen LogP contribution in [-0.2, 0) is 9.59 Å². The van der Waals surface area contributed by atoms with Gasteiger partial charge in [0.15, 0.2) is 0 Å². The fourth-order valence-electron chi connectivity index (χ4n) is 2.24. The van der Waals surface area contributed by atoms with E-state index < -0.39 is 5.97 Å². The summed E-state index contributed by atoms with van der Waals surface area (Å²) < 4.78 is 5.52. The number of carbonyl (C=O) groups is 2. The highest BCUT2D eigenvalue weighted by Gasteiger charge is 2.29. The van der Waals surface area contributed by atoms with Crippen LogP contribution in [0.25, 0.3) is 0 Å². The monoisotopic (exact) mass is 263 g/mol. The van der Waals surface area contributed by atoms with E-state index in [1.807, 2.05) is 24.3 Å². The summed E-state index contributed by atoms with van der Waals surface area (Å²) in [7, 11) is 1.64. The standard InChI is InChI=1S/C14H17NO4/c1-15(8-6-13(16)17)14(18)11-7-9-19-12-5-3-2-4-10(11)12/h2-5,11H,6-9H2,1H3,(H,16,17). The maximum absolute atomic E-state index is 12.4. The summed E-state index contributed by atoms with van der Waals surface area (Å²) in [5, 5.41) is 8.65. The molecule has 19 heavy (non-hydrogen) atoms. The van der Waals surface area contributed by atoms with Crippen LogP contribution in [0.2, 0.25) is 0 Å². The first-order valence-corrected chi connectivity index (χ1v) is 6.28. The molecule has 0 bridgehead atoms. The lowest BCUT2D eigenvalue weighted by molar-refractivity contribution is -0.138. The second kappa shape index (κ2) is 5.73. The van der Waals surface area contributed by atoms with Crippen LogP contribution in [0.15, 0.2) is 24.3 Å². The van der Waals surface area contributed by atoms with Crippen molar-refractivity contribution >= 4 is 11.9 Å². The molecule has 0 saturated carbocycles. The first kappa shape index (κ1) is 13.4. The van der Waals surface area contributed by atoms with Gasteiger partial charge < -0.3 is 14.7 Å². The van der Waals surface area contributed by atoms with Crippen LogP contribution in [0.3, 0.4) is 0 Å². The molecule has 1 aromatic rings. The number of hydrogen-bond acceptors (Lipinski definition) is 3. The molecule has 0 fully saturated rings. The zero-order valence-corrected chi connectivity index (χ0v) is 10.8. The number of aliphatic carboxylic acids is 1. The number of carboxylic acids is 1. The third-order valence-electron chi connectivity index (χ3n) is 3.29. The maximum Gasteiger partial charge on any atom is 0.305 e. The molecule has 5 heteroatoms. The minimum absolute atomic E-state index is 0.0346. The molecule has 1 heterocycles. The van der Waals surface area contributed by atoms with Gasteiger partial charge in [-0.3, -0.25) is 9.59 Å². The van der Waals surface area contributed by atoms with E-state index in [9.17, 15) is 9.59 Å². The van der Waals surface area contributed by atoms with Crippen molar-refractivity contribution in [3.63, 3.8) is 0 Å². The van der Waals surface area contributed by atoms with Crippen molar-refractivity contribution in [1.29, 1.82) is 0 Å². The Labute approximate surface area is 111 Å². The number of ether oxygens (including phenoxy) is 1. The van der Waals surface area contributed by atoms with E-state index in [0.29, 0.717) is 13.0 Å². The highest BCUT2D eigenvalue weighted by molar-refractivity contribution is 5.85. The van der Waals surface area contributed by atoms with Gasteiger partial charge in [-0.2, -0.15) is 0 Å². The van der Waals surface area contributed by atoms with Crippen molar-refractivity contribution in [2.75, 3.05) is 20.2 Å². The minimum atomic E-state index is -0.896. The number of rotatable bonds is 4. The smallest absolute Gasteiger partial charge is 0.305 e. The van der Waals surface area contributed by atoms with Crippen molar-refractivity contribution in [3.8, 4) is 5.75 Å². The maximum atomic E-state index is 12.4. The van der Waals surface area contributed by atoms with E-state index in [1.54, 1.807) is 7.05 Å². The number of likely N-dealkylation sites (N-methyl/N-ethyl adjacent to an activating group) is 1. The Hall–Kier alpha value is -2.04. The molecule has 0 aromatic heterocycles. The largest absolute Gasteiger partial charge is 0.493 e. The van der Waals surface area contributed by atoms with Gasteiger partial charge in [-0.05, 0) is 12.5 Å². The van der Waals surface area contributed by atoms with Gasteiger partial charge in [0.1, 0.15) is 5.75 Å². The number of carboxylic acid groups (broad SMARTS) is 1. The molecule has 5 nitrogen and oxygen atoms in total. The summed E-state index contributed by atoms with van der Waals surface area (Å²) in [5.41, 5.74) is 0.890.